The molecule has 0 saturated carbocycles. The van der Waals surface area contributed by atoms with Crippen molar-refractivity contribution in [3.63, 3.8) is 0 Å². The molecular weight excluding hydrogens is 482 g/mol. The number of hydrogen-bond donors (Lipinski definition) is 1. The number of carbonyl (C=O) groups excluding carboxylic acids is 2. The van der Waals surface area contributed by atoms with E-state index in [4.69, 9.17) is 24.4 Å². The zero-order valence-electron chi connectivity index (χ0n) is 22.2. The largest absolute Gasteiger partial charge is 0.488 e. The van der Waals surface area contributed by atoms with Crippen LogP contribution in [0.25, 0.3) is 22.1 Å². The second-order valence-electron chi connectivity index (χ2n) is 9.91. The van der Waals surface area contributed by atoms with Gasteiger partial charge in [-0.2, -0.15) is 0 Å². The standard InChI is InChI=1S/C31H33NO6/c1-5-35-28(33)17-23-10-6-7-12-26(23)36-19-25-24-16-22(21-11-8-9-20(15-21)18-32)13-14-27(24)37-29(25)30(34)38-31(2,3)4/h6-16H,5,17-19,32H2,1-4H3. The van der Waals surface area contributed by atoms with Crippen molar-refractivity contribution in [1.29, 1.82) is 0 Å². The number of benzene rings is 3. The number of para-hydroxylation sites is 1. The van der Waals surface area contributed by atoms with Crippen LogP contribution in [0.2, 0.25) is 0 Å². The van der Waals surface area contributed by atoms with Crippen LogP contribution in [-0.4, -0.2) is 24.1 Å². The molecule has 0 fully saturated rings. The predicted molar refractivity (Wildman–Crippen MR) is 146 cm³/mol. The lowest BCUT2D eigenvalue weighted by Gasteiger charge is -2.19. The Bertz CT molecular complexity index is 1450. The third-order valence-electron chi connectivity index (χ3n) is 5.86. The highest BCUT2D eigenvalue weighted by atomic mass is 16.6. The van der Waals surface area contributed by atoms with Crippen molar-refractivity contribution < 1.29 is 28.2 Å². The number of fused-ring (bicyclic) bond motifs is 1. The van der Waals surface area contributed by atoms with Crippen molar-refractivity contribution in [1.82, 2.24) is 0 Å². The first-order chi connectivity index (χ1) is 18.2. The Hall–Kier alpha value is -4.10. The number of nitrogens with two attached hydrogens (primary N) is 1. The van der Waals surface area contributed by atoms with Gasteiger partial charge in [-0.05, 0) is 68.7 Å². The second-order valence-corrected chi connectivity index (χ2v) is 9.91. The van der Waals surface area contributed by atoms with E-state index in [-0.39, 0.29) is 24.8 Å². The summed E-state index contributed by atoms with van der Waals surface area (Å²) in [5.74, 6) is -0.294. The molecule has 0 aliphatic carbocycles. The van der Waals surface area contributed by atoms with E-state index >= 15 is 0 Å². The van der Waals surface area contributed by atoms with Gasteiger partial charge in [0.1, 0.15) is 23.5 Å². The highest BCUT2D eigenvalue weighted by Crippen LogP contribution is 2.33. The van der Waals surface area contributed by atoms with E-state index in [2.05, 4.69) is 0 Å². The fourth-order valence-corrected chi connectivity index (χ4v) is 4.15. The summed E-state index contributed by atoms with van der Waals surface area (Å²) in [5.41, 5.74) is 9.92. The number of esters is 2. The van der Waals surface area contributed by atoms with Gasteiger partial charge in [0.25, 0.3) is 0 Å². The molecule has 38 heavy (non-hydrogen) atoms. The number of rotatable bonds is 9. The molecular formula is C31H33NO6. The van der Waals surface area contributed by atoms with Gasteiger partial charge in [-0.1, -0.05) is 42.5 Å². The molecule has 3 aromatic carbocycles. The van der Waals surface area contributed by atoms with Gasteiger partial charge in [-0.25, -0.2) is 4.79 Å². The zero-order chi connectivity index (χ0) is 27.3. The normalized spacial score (nSPS) is 11.4. The van der Waals surface area contributed by atoms with Crippen LogP contribution in [0.1, 0.15) is 54.9 Å². The SMILES string of the molecule is CCOC(=O)Cc1ccccc1OCc1c(C(=O)OC(C)(C)C)oc2ccc(-c3cccc(CN)c3)cc12. The monoisotopic (exact) mass is 515 g/mol. The average Bonchev–Trinajstić information content (AvgIpc) is 3.25. The maximum absolute atomic E-state index is 13.1. The Labute approximate surface area is 222 Å². The minimum Gasteiger partial charge on any atom is -0.488 e. The van der Waals surface area contributed by atoms with Gasteiger partial charge in [0.15, 0.2) is 0 Å². The van der Waals surface area contributed by atoms with Gasteiger partial charge in [-0.3, -0.25) is 4.79 Å². The van der Waals surface area contributed by atoms with Crippen LogP contribution in [0.5, 0.6) is 5.75 Å². The minimum absolute atomic E-state index is 0.0354. The predicted octanol–water partition coefficient (Wildman–Crippen LogP) is 6.20. The number of ether oxygens (including phenoxy) is 3. The van der Waals surface area contributed by atoms with Gasteiger partial charge in [0.2, 0.25) is 5.76 Å². The van der Waals surface area contributed by atoms with E-state index < -0.39 is 11.6 Å². The highest BCUT2D eigenvalue weighted by molar-refractivity contribution is 5.97. The van der Waals surface area contributed by atoms with E-state index in [0.29, 0.717) is 35.6 Å². The molecule has 0 bridgehead atoms. The minimum atomic E-state index is -0.700. The van der Waals surface area contributed by atoms with Crippen LogP contribution in [0.4, 0.5) is 0 Å². The molecule has 0 unspecified atom stereocenters. The molecule has 7 nitrogen and oxygen atoms in total. The fraction of sp³-hybridized carbons (Fsp3) is 0.290. The topological polar surface area (TPSA) is 101 Å². The van der Waals surface area contributed by atoms with Crippen molar-refractivity contribution >= 4 is 22.9 Å². The van der Waals surface area contributed by atoms with Crippen molar-refractivity contribution in [3.8, 4) is 16.9 Å². The highest BCUT2D eigenvalue weighted by Gasteiger charge is 2.27. The third-order valence-corrected chi connectivity index (χ3v) is 5.86. The van der Waals surface area contributed by atoms with Crippen LogP contribution >= 0.6 is 0 Å². The molecule has 0 aliphatic heterocycles. The molecule has 0 spiro atoms. The van der Waals surface area contributed by atoms with Gasteiger partial charge < -0.3 is 24.4 Å². The number of hydrogen-bond acceptors (Lipinski definition) is 7. The summed E-state index contributed by atoms with van der Waals surface area (Å²) in [7, 11) is 0. The van der Waals surface area contributed by atoms with Crippen molar-refractivity contribution in [3.05, 3.63) is 89.2 Å². The van der Waals surface area contributed by atoms with Crippen molar-refractivity contribution in [2.24, 2.45) is 5.73 Å². The molecule has 7 heteroatoms. The fourth-order valence-electron chi connectivity index (χ4n) is 4.15. The molecule has 4 rings (SSSR count). The molecule has 4 aromatic rings. The first-order valence-electron chi connectivity index (χ1n) is 12.6. The second kappa shape index (κ2) is 11.5. The Morgan fingerprint density at radius 1 is 0.947 bits per heavy atom. The lowest BCUT2D eigenvalue weighted by Crippen LogP contribution is -2.24. The summed E-state index contributed by atoms with van der Waals surface area (Å²) >= 11 is 0. The maximum atomic E-state index is 13.1. The molecule has 1 aromatic heterocycles. The van der Waals surface area contributed by atoms with E-state index in [1.807, 2.05) is 60.7 Å². The van der Waals surface area contributed by atoms with Crippen LogP contribution in [0.3, 0.4) is 0 Å². The molecule has 0 saturated heterocycles. The van der Waals surface area contributed by atoms with E-state index in [9.17, 15) is 9.59 Å². The average molecular weight is 516 g/mol. The number of furan rings is 1. The summed E-state index contributed by atoms with van der Waals surface area (Å²) in [4.78, 5) is 25.2. The molecule has 0 atom stereocenters. The van der Waals surface area contributed by atoms with Crippen LogP contribution < -0.4 is 10.5 Å². The van der Waals surface area contributed by atoms with Crippen LogP contribution in [0.15, 0.2) is 71.1 Å². The summed E-state index contributed by atoms with van der Waals surface area (Å²) < 4.78 is 22.9. The Morgan fingerprint density at radius 3 is 2.45 bits per heavy atom. The summed E-state index contributed by atoms with van der Waals surface area (Å²) in [6, 6.07) is 21.0. The van der Waals surface area contributed by atoms with Crippen molar-refractivity contribution in [2.75, 3.05) is 6.61 Å². The molecule has 2 N–H and O–H groups in total. The van der Waals surface area contributed by atoms with Gasteiger partial charge in [-0.15, -0.1) is 0 Å². The van der Waals surface area contributed by atoms with Gasteiger partial charge in [0.05, 0.1) is 18.6 Å². The summed E-state index contributed by atoms with van der Waals surface area (Å²) in [6.07, 6.45) is 0.0801. The van der Waals surface area contributed by atoms with Crippen LogP contribution in [0, 0.1) is 0 Å². The molecule has 1 heterocycles. The van der Waals surface area contributed by atoms with E-state index in [1.165, 1.54) is 0 Å². The van der Waals surface area contributed by atoms with Gasteiger partial charge >= 0.3 is 11.9 Å². The third kappa shape index (κ3) is 6.42. The Kier molecular flexibility index (Phi) is 8.17. The molecule has 198 valence electrons. The molecule has 0 aliphatic rings. The Morgan fingerprint density at radius 2 is 1.71 bits per heavy atom. The van der Waals surface area contributed by atoms with E-state index in [1.54, 1.807) is 33.8 Å². The number of carbonyl (C=O) groups is 2. The quantitative estimate of drug-likeness (QED) is 0.265. The lowest BCUT2D eigenvalue weighted by atomic mass is 10.0. The maximum Gasteiger partial charge on any atom is 0.375 e. The van der Waals surface area contributed by atoms with Gasteiger partial charge in [0, 0.05) is 17.5 Å². The lowest BCUT2D eigenvalue weighted by molar-refractivity contribution is -0.142. The Balaban J connectivity index is 1.74. The summed E-state index contributed by atoms with van der Waals surface area (Å²) in [6.45, 7) is 7.96. The smallest absolute Gasteiger partial charge is 0.375 e. The zero-order valence-corrected chi connectivity index (χ0v) is 22.2. The summed E-state index contributed by atoms with van der Waals surface area (Å²) in [5, 5.41) is 0.740. The molecule has 0 amide bonds. The molecule has 0 radical (unpaired) electrons. The first-order valence-corrected chi connectivity index (χ1v) is 12.6. The van der Waals surface area contributed by atoms with E-state index in [0.717, 1.165) is 22.1 Å². The first kappa shape index (κ1) is 26.9. The van der Waals surface area contributed by atoms with Crippen molar-refractivity contribution in [2.45, 2.75) is 52.9 Å². The van der Waals surface area contributed by atoms with Crippen LogP contribution in [-0.2, 0) is 33.8 Å².